The lowest BCUT2D eigenvalue weighted by molar-refractivity contribution is -0.155. The topological polar surface area (TPSA) is 35.5 Å². The Balaban J connectivity index is 2.73. The van der Waals surface area contributed by atoms with Crippen LogP contribution in [0.2, 0.25) is 0 Å². The largest absolute Gasteiger partial charge is 0.467 e. The van der Waals surface area contributed by atoms with Gasteiger partial charge in [-0.15, -0.1) is 11.6 Å². The summed E-state index contributed by atoms with van der Waals surface area (Å²) in [5.41, 5.74) is 1.07. The summed E-state index contributed by atoms with van der Waals surface area (Å²) in [5.74, 6) is -0.395. The molecule has 0 saturated heterocycles. The van der Waals surface area contributed by atoms with Crippen LogP contribution in [-0.2, 0) is 14.3 Å². The zero-order chi connectivity index (χ0) is 12.3. The van der Waals surface area contributed by atoms with E-state index in [9.17, 15) is 4.79 Å². The van der Waals surface area contributed by atoms with Crippen LogP contribution < -0.4 is 0 Å². The second-order valence-electron chi connectivity index (χ2n) is 4.12. The number of rotatable bonds is 3. The number of allylic oxidation sites excluding steroid dienone is 2. The van der Waals surface area contributed by atoms with Gasteiger partial charge in [0.15, 0.2) is 6.10 Å². The first-order chi connectivity index (χ1) is 7.36. The van der Waals surface area contributed by atoms with Crippen molar-refractivity contribution < 1.29 is 14.3 Å². The minimum atomic E-state index is -0.623. The van der Waals surface area contributed by atoms with Crippen molar-refractivity contribution in [1.82, 2.24) is 0 Å². The summed E-state index contributed by atoms with van der Waals surface area (Å²) in [6.45, 7) is 5.46. The highest BCUT2D eigenvalue weighted by molar-refractivity contribution is 6.25. The number of hydrogen-bond donors (Lipinski definition) is 0. The average molecular weight is 245 g/mol. The predicted molar refractivity (Wildman–Crippen MR) is 63.5 cm³/mol. The summed E-state index contributed by atoms with van der Waals surface area (Å²) >= 11 is 6.29. The molecule has 0 fully saturated rings. The lowest BCUT2D eigenvalue weighted by atomic mass is 9.95. The number of alkyl halides is 1. The van der Waals surface area contributed by atoms with Crippen LogP contribution >= 0.6 is 11.6 Å². The van der Waals surface area contributed by atoms with E-state index in [2.05, 4.69) is 4.74 Å². The monoisotopic (exact) mass is 244 g/mol. The van der Waals surface area contributed by atoms with Gasteiger partial charge in [0.25, 0.3) is 0 Å². The van der Waals surface area contributed by atoms with Crippen LogP contribution in [0.5, 0.6) is 0 Å². The van der Waals surface area contributed by atoms with Gasteiger partial charge in [-0.2, -0.15) is 0 Å². The molecule has 90 valence electrons. The third-order valence-corrected chi connectivity index (χ3v) is 2.87. The maximum atomic E-state index is 11.2. The quantitative estimate of drug-likeness (QED) is 0.565. The Hall–Kier alpha value is -0.800. The molecule has 1 rings (SSSR count). The summed E-state index contributed by atoms with van der Waals surface area (Å²) < 4.78 is 10.2. The van der Waals surface area contributed by atoms with Crippen molar-refractivity contribution in [3.63, 3.8) is 0 Å². The number of ether oxygens (including phenoxy) is 2. The number of hydrogen-bond acceptors (Lipinski definition) is 3. The van der Waals surface area contributed by atoms with E-state index < -0.39 is 16.9 Å². The normalized spacial score (nSPS) is 30.8. The van der Waals surface area contributed by atoms with Gasteiger partial charge >= 0.3 is 5.97 Å². The molecule has 0 saturated carbocycles. The van der Waals surface area contributed by atoms with Crippen LogP contribution in [-0.4, -0.2) is 30.2 Å². The van der Waals surface area contributed by atoms with E-state index in [-0.39, 0.29) is 6.10 Å². The van der Waals surface area contributed by atoms with Crippen LogP contribution in [0, 0.1) is 0 Å². The van der Waals surface area contributed by atoms with E-state index in [1.54, 1.807) is 6.92 Å². The molecule has 1 aliphatic carbocycles. The standard InChI is InChI=1S/C12H17ClO3/c1-8-5-6-12(3,13)10(7-8)16-9(2)11(14)15-4/h5-7,9-10H,1-4H3. The number of esters is 1. The Kier molecular flexibility index (Phi) is 4.16. The van der Waals surface area contributed by atoms with E-state index in [1.165, 1.54) is 7.11 Å². The summed E-state index contributed by atoms with van der Waals surface area (Å²) in [5, 5.41) is 0. The average Bonchev–Trinajstić information content (AvgIpc) is 2.22. The summed E-state index contributed by atoms with van der Waals surface area (Å²) in [6.07, 6.45) is 4.78. The molecule has 0 bridgehead atoms. The fourth-order valence-corrected chi connectivity index (χ4v) is 1.64. The Morgan fingerprint density at radius 3 is 2.81 bits per heavy atom. The molecule has 3 nitrogen and oxygen atoms in total. The summed E-state index contributed by atoms with van der Waals surface area (Å²) in [4.78, 5) is 10.6. The first-order valence-electron chi connectivity index (χ1n) is 5.16. The van der Waals surface area contributed by atoms with Crippen LogP contribution in [0.25, 0.3) is 0 Å². The second-order valence-corrected chi connectivity index (χ2v) is 4.93. The molecule has 0 aromatic rings. The third kappa shape index (κ3) is 3.09. The molecular formula is C12H17ClO3. The molecule has 3 unspecified atom stereocenters. The van der Waals surface area contributed by atoms with Gasteiger partial charge < -0.3 is 9.47 Å². The number of carbonyl (C=O) groups excluding carboxylic acids is 1. The van der Waals surface area contributed by atoms with Crippen molar-refractivity contribution in [2.24, 2.45) is 0 Å². The van der Waals surface area contributed by atoms with Gasteiger partial charge in [0.05, 0.1) is 18.1 Å². The highest BCUT2D eigenvalue weighted by Crippen LogP contribution is 2.30. The van der Waals surface area contributed by atoms with Gasteiger partial charge in [0, 0.05) is 0 Å². The van der Waals surface area contributed by atoms with Crippen molar-refractivity contribution in [1.29, 1.82) is 0 Å². The molecule has 0 radical (unpaired) electrons. The fraction of sp³-hybridized carbons (Fsp3) is 0.583. The van der Waals surface area contributed by atoms with Crippen molar-refractivity contribution >= 4 is 17.6 Å². The van der Waals surface area contributed by atoms with Crippen molar-refractivity contribution in [3.8, 4) is 0 Å². The zero-order valence-corrected chi connectivity index (χ0v) is 10.7. The first-order valence-corrected chi connectivity index (χ1v) is 5.54. The van der Waals surface area contributed by atoms with Crippen molar-refractivity contribution in [2.75, 3.05) is 7.11 Å². The van der Waals surface area contributed by atoms with Gasteiger partial charge in [-0.3, -0.25) is 0 Å². The zero-order valence-electron chi connectivity index (χ0n) is 9.99. The molecule has 1 aliphatic rings. The molecular weight excluding hydrogens is 228 g/mol. The molecule has 0 heterocycles. The maximum Gasteiger partial charge on any atom is 0.334 e. The Labute approximate surface area is 101 Å². The first kappa shape index (κ1) is 13.3. The summed E-state index contributed by atoms with van der Waals surface area (Å²) in [7, 11) is 1.34. The van der Waals surface area contributed by atoms with Crippen molar-refractivity contribution in [2.45, 2.75) is 37.9 Å². The molecule has 0 spiro atoms. The molecule has 0 N–H and O–H groups in total. The highest BCUT2D eigenvalue weighted by Gasteiger charge is 2.33. The van der Waals surface area contributed by atoms with Crippen LogP contribution in [0.3, 0.4) is 0 Å². The maximum absolute atomic E-state index is 11.2. The van der Waals surface area contributed by atoms with Gasteiger partial charge in [-0.05, 0) is 20.8 Å². The van der Waals surface area contributed by atoms with Crippen LogP contribution in [0.4, 0.5) is 0 Å². The van der Waals surface area contributed by atoms with Crippen LogP contribution in [0.1, 0.15) is 20.8 Å². The van der Waals surface area contributed by atoms with E-state index in [0.717, 1.165) is 5.57 Å². The van der Waals surface area contributed by atoms with Gasteiger partial charge in [-0.25, -0.2) is 4.79 Å². The number of carbonyl (C=O) groups is 1. The van der Waals surface area contributed by atoms with Crippen molar-refractivity contribution in [3.05, 3.63) is 23.8 Å². The second kappa shape index (κ2) is 5.02. The van der Waals surface area contributed by atoms with Gasteiger partial charge in [-0.1, -0.05) is 23.8 Å². The Morgan fingerprint density at radius 2 is 2.25 bits per heavy atom. The molecule has 0 aromatic carbocycles. The molecule has 0 amide bonds. The Bertz CT molecular complexity index is 331. The smallest absolute Gasteiger partial charge is 0.334 e. The third-order valence-electron chi connectivity index (χ3n) is 2.53. The molecule has 4 heteroatoms. The number of halogens is 1. The van der Waals surface area contributed by atoms with Crippen LogP contribution in [0.15, 0.2) is 23.8 Å². The minimum Gasteiger partial charge on any atom is -0.467 e. The SMILES string of the molecule is COC(=O)C(C)OC1C=C(C)C=CC1(C)Cl. The molecule has 3 atom stereocenters. The van der Waals surface area contributed by atoms with Gasteiger partial charge in [0.2, 0.25) is 0 Å². The van der Waals surface area contributed by atoms with E-state index >= 15 is 0 Å². The lowest BCUT2D eigenvalue weighted by Gasteiger charge is -2.31. The molecule has 0 aliphatic heterocycles. The number of methoxy groups -OCH3 is 1. The minimum absolute atomic E-state index is 0.326. The summed E-state index contributed by atoms with van der Waals surface area (Å²) in [6, 6.07) is 0. The molecule has 16 heavy (non-hydrogen) atoms. The highest BCUT2D eigenvalue weighted by atomic mass is 35.5. The lowest BCUT2D eigenvalue weighted by Crippen LogP contribution is -2.39. The Morgan fingerprint density at radius 1 is 1.62 bits per heavy atom. The fourth-order valence-electron chi connectivity index (χ4n) is 1.46. The van der Waals surface area contributed by atoms with Gasteiger partial charge in [0.1, 0.15) is 0 Å². The van der Waals surface area contributed by atoms with E-state index in [1.807, 2.05) is 32.1 Å². The van der Waals surface area contributed by atoms with E-state index in [4.69, 9.17) is 16.3 Å². The predicted octanol–water partition coefficient (Wildman–Crippen LogP) is 2.45. The van der Waals surface area contributed by atoms with E-state index in [0.29, 0.717) is 0 Å². The molecule has 0 aromatic heterocycles.